The summed E-state index contributed by atoms with van der Waals surface area (Å²) in [4.78, 5) is 0. The minimum absolute atomic E-state index is 0.292. The number of halogens is 1. The van der Waals surface area contributed by atoms with Crippen molar-refractivity contribution in [2.45, 2.75) is 19.8 Å². The van der Waals surface area contributed by atoms with Gasteiger partial charge in [-0.15, -0.1) is 10.2 Å². The average molecular weight is 249 g/mol. The van der Waals surface area contributed by atoms with Crippen LogP contribution in [0.5, 0.6) is 0 Å². The van der Waals surface area contributed by atoms with Gasteiger partial charge in [-0.25, -0.2) is 4.39 Å². The fraction of sp³-hybridized carbons (Fsp3) is 0.385. The second-order valence-electron chi connectivity index (χ2n) is 4.23. The van der Waals surface area contributed by atoms with E-state index in [1.54, 1.807) is 0 Å². The number of nitrogens with zero attached hydrogens (tertiary/aromatic N) is 2. The van der Waals surface area contributed by atoms with Gasteiger partial charge in [0, 0.05) is 12.0 Å². The molecule has 0 fully saturated rings. The van der Waals surface area contributed by atoms with E-state index in [1.165, 1.54) is 12.1 Å². The van der Waals surface area contributed by atoms with Crippen molar-refractivity contribution >= 4 is 0 Å². The lowest BCUT2D eigenvalue weighted by Crippen LogP contribution is -2.08. The van der Waals surface area contributed by atoms with Crippen molar-refractivity contribution in [3.05, 3.63) is 35.5 Å². The lowest BCUT2D eigenvalue weighted by atomic mass is 10.1. The smallest absolute Gasteiger partial charge is 0.247 e. The molecule has 96 valence electrons. The highest BCUT2D eigenvalue weighted by molar-refractivity contribution is 5.53. The summed E-state index contributed by atoms with van der Waals surface area (Å²) >= 11 is 0. The van der Waals surface area contributed by atoms with Crippen molar-refractivity contribution in [2.24, 2.45) is 0 Å². The van der Waals surface area contributed by atoms with Crippen LogP contribution in [-0.2, 0) is 6.42 Å². The second kappa shape index (κ2) is 5.73. The van der Waals surface area contributed by atoms with Gasteiger partial charge in [0.1, 0.15) is 5.82 Å². The molecule has 0 amide bonds. The van der Waals surface area contributed by atoms with Gasteiger partial charge in [-0.2, -0.15) is 0 Å². The van der Waals surface area contributed by atoms with Crippen molar-refractivity contribution < 1.29 is 8.81 Å². The summed E-state index contributed by atoms with van der Waals surface area (Å²) in [6.07, 6.45) is 1.66. The SMILES string of the molecule is CNCCCc1nnc(-c2cc(C)cc(F)c2)o1. The summed E-state index contributed by atoms with van der Waals surface area (Å²) in [6, 6.07) is 4.69. The fourth-order valence-corrected chi connectivity index (χ4v) is 1.75. The molecule has 5 heteroatoms. The largest absolute Gasteiger partial charge is 0.421 e. The Morgan fingerprint density at radius 2 is 2.11 bits per heavy atom. The van der Waals surface area contributed by atoms with E-state index in [0.717, 1.165) is 24.9 Å². The van der Waals surface area contributed by atoms with Crippen LogP contribution in [0.25, 0.3) is 11.5 Å². The Kier molecular flexibility index (Phi) is 4.04. The Hall–Kier alpha value is -1.75. The Labute approximate surface area is 105 Å². The Balaban J connectivity index is 2.13. The van der Waals surface area contributed by atoms with Gasteiger partial charge in [0.15, 0.2) is 0 Å². The maximum absolute atomic E-state index is 13.3. The standard InChI is InChI=1S/C13H16FN3O/c1-9-6-10(8-11(14)7-9)13-17-16-12(18-13)4-3-5-15-2/h6-8,15H,3-5H2,1-2H3. The molecule has 2 aromatic rings. The molecule has 1 aromatic carbocycles. The molecular weight excluding hydrogens is 233 g/mol. The number of hydrogen-bond acceptors (Lipinski definition) is 4. The maximum atomic E-state index is 13.3. The molecule has 0 spiro atoms. The minimum atomic E-state index is -0.292. The van der Waals surface area contributed by atoms with Gasteiger partial charge in [0.25, 0.3) is 0 Å². The van der Waals surface area contributed by atoms with Crippen LogP contribution in [0.3, 0.4) is 0 Å². The lowest BCUT2D eigenvalue weighted by molar-refractivity contribution is 0.494. The van der Waals surface area contributed by atoms with Gasteiger partial charge in [0.05, 0.1) is 0 Å². The van der Waals surface area contributed by atoms with Crippen LogP contribution < -0.4 is 5.32 Å². The molecule has 0 aliphatic rings. The van der Waals surface area contributed by atoms with Crippen LogP contribution in [0.1, 0.15) is 17.9 Å². The molecule has 4 nitrogen and oxygen atoms in total. The average Bonchev–Trinajstić information content (AvgIpc) is 2.77. The van der Waals surface area contributed by atoms with Gasteiger partial charge < -0.3 is 9.73 Å². The van der Waals surface area contributed by atoms with E-state index in [1.807, 2.05) is 20.0 Å². The quantitative estimate of drug-likeness (QED) is 0.826. The number of benzene rings is 1. The van der Waals surface area contributed by atoms with Crippen molar-refractivity contribution in [3.8, 4) is 11.5 Å². The molecule has 0 saturated carbocycles. The highest BCUT2D eigenvalue weighted by Gasteiger charge is 2.09. The molecule has 0 radical (unpaired) electrons. The van der Waals surface area contributed by atoms with E-state index in [4.69, 9.17) is 4.42 Å². The summed E-state index contributed by atoms with van der Waals surface area (Å²) in [5.74, 6) is 0.666. The fourth-order valence-electron chi connectivity index (χ4n) is 1.75. The molecule has 1 heterocycles. The van der Waals surface area contributed by atoms with Crippen LogP contribution in [0, 0.1) is 12.7 Å². The summed E-state index contributed by atoms with van der Waals surface area (Å²) in [6.45, 7) is 2.73. The van der Waals surface area contributed by atoms with Gasteiger partial charge in [-0.05, 0) is 50.7 Å². The normalized spacial score (nSPS) is 10.8. The predicted molar refractivity (Wildman–Crippen MR) is 66.7 cm³/mol. The third-order valence-corrected chi connectivity index (χ3v) is 2.57. The van der Waals surface area contributed by atoms with E-state index in [9.17, 15) is 4.39 Å². The monoisotopic (exact) mass is 249 g/mol. The topological polar surface area (TPSA) is 51.0 Å². The van der Waals surface area contributed by atoms with Crippen molar-refractivity contribution in [1.29, 1.82) is 0 Å². The number of aryl methyl sites for hydroxylation is 2. The summed E-state index contributed by atoms with van der Waals surface area (Å²) in [5.41, 5.74) is 1.46. The van der Waals surface area contributed by atoms with Crippen molar-refractivity contribution in [1.82, 2.24) is 15.5 Å². The zero-order valence-corrected chi connectivity index (χ0v) is 10.5. The zero-order chi connectivity index (χ0) is 13.0. The number of hydrogen-bond donors (Lipinski definition) is 1. The first-order valence-electron chi connectivity index (χ1n) is 5.93. The van der Waals surface area contributed by atoms with Crippen LogP contribution in [0.15, 0.2) is 22.6 Å². The number of aromatic nitrogens is 2. The molecule has 0 aliphatic heterocycles. The molecule has 0 atom stereocenters. The number of rotatable bonds is 5. The van der Waals surface area contributed by atoms with Gasteiger partial charge in [-0.1, -0.05) is 0 Å². The Morgan fingerprint density at radius 3 is 2.83 bits per heavy atom. The lowest BCUT2D eigenvalue weighted by Gasteiger charge is -1.98. The first-order valence-corrected chi connectivity index (χ1v) is 5.93. The van der Waals surface area contributed by atoms with E-state index in [0.29, 0.717) is 17.3 Å². The van der Waals surface area contributed by atoms with E-state index < -0.39 is 0 Å². The Morgan fingerprint density at radius 1 is 1.28 bits per heavy atom. The van der Waals surface area contributed by atoms with Crippen LogP contribution >= 0.6 is 0 Å². The molecule has 0 bridgehead atoms. The third-order valence-electron chi connectivity index (χ3n) is 2.57. The van der Waals surface area contributed by atoms with E-state index in [-0.39, 0.29) is 5.82 Å². The van der Waals surface area contributed by atoms with Crippen LogP contribution in [0.2, 0.25) is 0 Å². The van der Waals surface area contributed by atoms with Crippen molar-refractivity contribution in [2.75, 3.05) is 13.6 Å². The van der Waals surface area contributed by atoms with E-state index >= 15 is 0 Å². The van der Waals surface area contributed by atoms with Crippen LogP contribution in [-0.4, -0.2) is 23.8 Å². The highest BCUT2D eigenvalue weighted by Crippen LogP contribution is 2.20. The van der Waals surface area contributed by atoms with E-state index in [2.05, 4.69) is 15.5 Å². The molecule has 18 heavy (non-hydrogen) atoms. The van der Waals surface area contributed by atoms with Gasteiger partial charge in [-0.3, -0.25) is 0 Å². The molecule has 1 aromatic heterocycles. The molecule has 0 unspecified atom stereocenters. The summed E-state index contributed by atoms with van der Waals surface area (Å²) < 4.78 is 18.8. The third kappa shape index (κ3) is 3.13. The maximum Gasteiger partial charge on any atom is 0.247 e. The number of nitrogens with one attached hydrogen (secondary N) is 1. The van der Waals surface area contributed by atoms with Gasteiger partial charge >= 0.3 is 0 Å². The second-order valence-corrected chi connectivity index (χ2v) is 4.23. The first kappa shape index (κ1) is 12.7. The molecule has 2 rings (SSSR count). The molecule has 0 saturated heterocycles. The van der Waals surface area contributed by atoms with Gasteiger partial charge in [0.2, 0.25) is 11.8 Å². The minimum Gasteiger partial charge on any atom is -0.421 e. The van der Waals surface area contributed by atoms with Crippen molar-refractivity contribution in [3.63, 3.8) is 0 Å². The zero-order valence-electron chi connectivity index (χ0n) is 10.5. The summed E-state index contributed by atoms with van der Waals surface area (Å²) in [5, 5.41) is 11.0. The molecule has 1 N–H and O–H groups in total. The highest BCUT2D eigenvalue weighted by atomic mass is 19.1. The Bertz CT molecular complexity index is 504. The predicted octanol–water partition coefficient (Wildman–Crippen LogP) is 2.34. The molecular formula is C13H16FN3O. The first-order chi connectivity index (χ1) is 8.69. The van der Waals surface area contributed by atoms with Crippen LogP contribution in [0.4, 0.5) is 4.39 Å². The summed E-state index contributed by atoms with van der Waals surface area (Å²) in [7, 11) is 1.90. The molecule has 0 aliphatic carbocycles.